The fourth-order valence-corrected chi connectivity index (χ4v) is 2.65. The fourth-order valence-electron chi connectivity index (χ4n) is 2.65. The lowest BCUT2D eigenvalue weighted by atomic mass is 10.0. The smallest absolute Gasteiger partial charge is 0.312 e. The average molecular weight is 277 g/mol. The third-order valence-electron chi connectivity index (χ3n) is 3.81. The zero-order valence-corrected chi connectivity index (χ0v) is 12.0. The SMILES string of the molecule is CC(C)(C)n1cnc(N2C(=O)C3CCCCN3C2=O)n1. The molecular weight excluding hydrogens is 258 g/mol. The molecule has 7 nitrogen and oxygen atoms in total. The number of rotatable bonds is 1. The first-order chi connectivity index (χ1) is 9.39. The van der Waals surface area contributed by atoms with Gasteiger partial charge in [0, 0.05) is 6.54 Å². The molecule has 0 N–H and O–H groups in total. The minimum Gasteiger partial charge on any atom is -0.312 e. The molecule has 2 saturated heterocycles. The van der Waals surface area contributed by atoms with Crippen molar-refractivity contribution in [3.05, 3.63) is 6.33 Å². The number of fused-ring (bicyclic) bond motifs is 1. The Morgan fingerprint density at radius 2 is 2.00 bits per heavy atom. The van der Waals surface area contributed by atoms with E-state index in [0.29, 0.717) is 6.54 Å². The molecule has 0 saturated carbocycles. The molecule has 1 atom stereocenters. The third-order valence-corrected chi connectivity index (χ3v) is 3.81. The zero-order chi connectivity index (χ0) is 14.5. The summed E-state index contributed by atoms with van der Waals surface area (Å²) in [5, 5.41) is 4.29. The largest absolute Gasteiger partial charge is 0.334 e. The zero-order valence-electron chi connectivity index (χ0n) is 12.0. The second-order valence-electron chi connectivity index (χ2n) is 6.32. The summed E-state index contributed by atoms with van der Waals surface area (Å²) < 4.78 is 1.67. The van der Waals surface area contributed by atoms with Crippen LogP contribution in [0.5, 0.6) is 0 Å². The van der Waals surface area contributed by atoms with Gasteiger partial charge in [-0.1, -0.05) is 0 Å². The summed E-state index contributed by atoms with van der Waals surface area (Å²) >= 11 is 0. The number of amides is 3. The maximum absolute atomic E-state index is 12.4. The Bertz CT molecular complexity index is 535. The number of carbonyl (C=O) groups is 2. The molecule has 3 heterocycles. The van der Waals surface area contributed by atoms with E-state index in [1.807, 2.05) is 20.8 Å². The number of imide groups is 1. The van der Waals surface area contributed by atoms with Gasteiger partial charge in [0.1, 0.15) is 12.4 Å². The summed E-state index contributed by atoms with van der Waals surface area (Å²) in [4.78, 5) is 31.6. The molecule has 2 aliphatic rings. The number of nitrogens with zero attached hydrogens (tertiary/aromatic N) is 5. The van der Waals surface area contributed by atoms with Crippen LogP contribution in [0.2, 0.25) is 0 Å². The van der Waals surface area contributed by atoms with E-state index in [9.17, 15) is 9.59 Å². The maximum Gasteiger partial charge on any atom is 0.334 e. The summed E-state index contributed by atoms with van der Waals surface area (Å²) in [7, 11) is 0. The van der Waals surface area contributed by atoms with Crippen molar-refractivity contribution < 1.29 is 9.59 Å². The van der Waals surface area contributed by atoms with Crippen molar-refractivity contribution in [2.45, 2.75) is 51.6 Å². The van der Waals surface area contributed by atoms with Crippen molar-refractivity contribution >= 4 is 17.9 Å². The molecule has 0 aliphatic carbocycles. The van der Waals surface area contributed by atoms with Gasteiger partial charge in [0.2, 0.25) is 0 Å². The van der Waals surface area contributed by atoms with Crippen LogP contribution in [-0.4, -0.2) is 44.2 Å². The summed E-state index contributed by atoms with van der Waals surface area (Å²) in [6.07, 6.45) is 4.24. The van der Waals surface area contributed by atoms with Gasteiger partial charge >= 0.3 is 6.03 Å². The van der Waals surface area contributed by atoms with Crippen LogP contribution in [0.4, 0.5) is 10.7 Å². The first kappa shape index (κ1) is 13.1. The van der Waals surface area contributed by atoms with Crippen molar-refractivity contribution in [3.63, 3.8) is 0 Å². The molecule has 108 valence electrons. The van der Waals surface area contributed by atoms with Crippen LogP contribution >= 0.6 is 0 Å². The van der Waals surface area contributed by atoms with Crippen molar-refractivity contribution in [2.24, 2.45) is 0 Å². The average Bonchev–Trinajstić information content (AvgIpc) is 2.95. The molecular formula is C13H19N5O2. The molecule has 0 spiro atoms. The lowest BCUT2D eigenvalue weighted by Gasteiger charge is -2.25. The number of urea groups is 1. The first-order valence-electron chi connectivity index (χ1n) is 6.96. The Morgan fingerprint density at radius 3 is 2.60 bits per heavy atom. The molecule has 0 radical (unpaired) electrons. The normalized spacial score (nSPS) is 23.4. The molecule has 1 aromatic heterocycles. The molecule has 1 aromatic rings. The van der Waals surface area contributed by atoms with Crippen LogP contribution in [0.15, 0.2) is 6.33 Å². The quantitative estimate of drug-likeness (QED) is 0.726. The summed E-state index contributed by atoms with van der Waals surface area (Å²) in [6, 6.07) is -0.607. The van der Waals surface area contributed by atoms with Crippen LogP contribution in [0.1, 0.15) is 40.0 Å². The van der Waals surface area contributed by atoms with Crippen molar-refractivity contribution in [2.75, 3.05) is 11.4 Å². The van der Waals surface area contributed by atoms with Crippen LogP contribution < -0.4 is 4.90 Å². The van der Waals surface area contributed by atoms with Gasteiger partial charge in [0.25, 0.3) is 11.9 Å². The molecule has 3 rings (SSSR count). The van der Waals surface area contributed by atoms with Crippen molar-refractivity contribution in [1.29, 1.82) is 0 Å². The molecule has 1 unspecified atom stereocenters. The van der Waals surface area contributed by atoms with Crippen LogP contribution in [0.25, 0.3) is 0 Å². The highest BCUT2D eigenvalue weighted by Crippen LogP contribution is 2.29. The third kappa shape index (κ3) is 1.88. The summed E-state index contributed by atoms with van der Waals surface area (Å²) in [5.74, 6) is -0.00863. The standard InChI is InChI=1S/C13H19N5O2/c1-13(2,3)17-8-14-11(15-17)18-10(19)9-6-4-5-7-16(9)12(18)20/h8-9H,4-7H2,1-3H3. The highest BCUT2D eigenvalue weighted by Gasteiger charge is 2.48. The van der Waals surface area contributed by atoms with E-state index in [2.05, 4.69) is 10.1 Å². The number of aromatic nitrogens is 3. The molecule has 0 aromatic carbocycles. The highest BCUT2D eigenvalue weighted by molar-refractivity contribution is 6.20. The molecule has 20 heavy (non-hydrogen) atoms. The number of hydrogen-bond donors (Lipinski definition) is 0. The summed E-state index contributed by atoms with van der Waals surface area (Å²) in [5.41, 5.74) is -0.232. The highest BCUT2D eigenvalue weighted by atomic mass is 16.2. The molecule has 3 amide bonds. The van der Waals surface area contributed by atoms with Gasteiger partial charge in [-0.15, -0.1) is 5.10 Å². The van der Waals surface area contributed by atoms with E-state index in [1.165, 1.54) is 0 Å². The predicted octanol–water partition coefficient (Wildman–Crippen LogP) is 1.35. The Labute approximate surface area is 117 Å². The lowest BCUT2D eigenvalue weighted by Crippen LogP contribution is -2.39. The van der Waals surface area contributed by atoms with E-state index in [1.54, 1.807) is 15.9 Å². The molecule has 2 aliphatic heterocycles. The molecule has 0 bridgehead atoms. The first-order valence-corrected chi connectivity index (χ1v) is 6.96. The molecule has 2 fully saturated rings. The van der Waals surface area contributed by atoms with Gasteiger partial charge in [0.05, 0.1) is 5.54 Å². The second kappa shape index (κ2) is 4.29. The topological polar surface area (TPSA) is 71.3 Å². The van der Waals surface area contributed by atoms with Gasteiger partial charge in [-0.2, -0.15) is 9.88 Å². The Hall–Kier alpha value is -1.92. The monoisotopic (exact) mass is 277 g/mol. The second-order valence-corrected chi connectivity index (χ2v) is 6.32. The molecule has 7 heteroatoms. The van der Waals surface area contributed by atoms with E-state index < -0.39 is 0 Å². The maximum atomic E-state index is 12.4. The van der Waals surface area contributed by atoms with Gasteiger partial charge in [-0.3, -0.25) is 4.79 Å². The minimum absolute atomic E-state index is 0.185. The minimum atomic E-state index is -0.321. The number of hydrogen-bond acceptors (Lipinski definition) is 4. The van der Waals surface area contributed by atoms with Gasteiger partial charge in [-0.25, -0.2) is 9.48 Å². The van der Waals surface area contributed by atoms with Gasteiger partial charge in [0.15, 0.2) is 0 Å². The Morgan fingerprint density at radius 1 is 1.25 bits per heavy atom. The van der Waals surface area contributed by atoms with Crippen LogP contribution in [-0.2, 0) is 10.3 Å². The van der Waals surface area contributed by atoms with Crippen LogP contribution in [0, 0.1) is 0 Å². The Balaban J connectivity index is 1.92. The fraction of sp³-hybridized carbons (Fsp3) is 0.692. The number of anilines is 1. The van der Waals surface area contributed by atoms with Gasteiger partial charge < -0.3 is 4.90 Å². The van der Waals surface area contributed by atoms with E-state index in [-0.39, 0.29) is 29.5 Å². The van der Waals surface area contributed by atoms with Crippen molar-refractivity contribution in [1.82, 2.24) is 19.7 Å². The van der Waals surface area contributed by atoms with E-state index in [0.717, 1.165) is 24.2 Å². The number of piperidine rings is 1. The van der Waals surface area contributed by atoms with Crippen LogP contribution in [0.3, 0.4) is 0 Å². The predicted molar refractivity (Wildman–Crippen MR) is 72.2 cm³/mol. The van der Waals surface area contributed by atoms with Crippen molar-refractivity contribution in [3.8, 4) is 0 Å². The summed E-state index contributed by atoms with van der Waals surface area (Å²) in [6.45, 7) is 6.61. The number of carbonyl (C=O) groups excluding carboxylic acids is 2. The van der Waals surface area contributed by atoms with Gasteiger partial charge in [-0.05, 0) is 40.0 Å². The Kier molecular flexibility index (Phi) is 2.81. The van der Waals surface area contributed by atoms with E-state index >= 15 is 0 Å². The lowest BCUT2D eigenvalue weighted by molar-refractivity contribution is -0.120. The van der Waals surface area contributed by atoms with E-state index in [4.69, 9.17) is 0 Å².